The molecule has 0 atom stereocenters. The molecule has 0 spiro atoms. The first-order valence-electron chi connectivity index (χ1n) is 8.96. The number of benzene rings is 1. The zero-order valence-corrected chi connectivity index (χ0v) is 15.2. The Labute approximate surface area is 149 Å². The fourth-order valence-corrected chi connectivity index (χ4v) is 3.09. The highest BCUT2D eigenvalue weighted by atomic mass is 16.1. The maximum Gasteiger partial charge on any atom is 0.270 e. The fourth-order valence-electron chi connectivity index (χ4n) is 3.09. The van der Waals surface area contributed by atoms with Crippen molar-refractivity contribution in [2.24, 2.45) is 5.92 Å². The molecule has 25 heavy (non-hydrogen) atoms. The maximum absolute atomic E-state index is 12.5. The largest absolute Gasteiger partial charge is 0.347 e. The molecular formula is C20H26N4O. The summed E-state index contributed by atoms with van der Waals surface area (Å²) in [6.45, 7) is 8.65. The Hall–Kier alpha value is -2.43. The number of aromatic nitrogens is 2. The van der Waals surface area contributed by atoms with E-state index in [2.05, 4.69) is 27.1 Å². The van der Waals surface area contributed by atoms with E-state index in [4.69, 9.17) is 0 Å². The average Bonchev–Trinajstić information content (AvgIpc) is 2.61. The van der Waals surface area contributed by atoms with Crippen LogP contribution in [0.3, 0.4) is 0 Å². The van der Waals surface area contributed by atoms with Gasteiger partial charge in [-0.15, -0.1) is 0 Å². The number of hydrogen-bond acceptors (Lipinski definition) is 4. The number of hydrogen-bond donors (Lipinski definition) is 1. The Morgan fingerprint density at radius 2 is 1.92 bits per heavy atom. The lowest BCUT2D eigenvalue weighted by atomic mass is 10.00. The summed E-state index contributed by atoms with van der Waals surface area (Å²) in [5.41, 5.74) is 3.55. The number of carbonyl (C=O) groups excluding carboxylic acids is 1. The third-order valence-corrected chi connectivity index (χ3v) is 4.84. The second kappa shape index (κ2) is 7.64. The van der Waals surface area contributed by atoms with E-state index >= 15 is 0 Å². The summed E-state index contributed by atoms with van der Waals surface area (Å²) in [6.07, 6.45) is 2.29. The SMILES string of the molecule is Cc1cc(C(=O)NCc2ccccc2C)nc(N2CCC(C)CC2)n1. The van der Waals surface area contributed by atoms with Crippen LogP contribution in [0.1, 0.15) is 47.1 Å². The summed E-state index contributed by atoms with van der Waals surface area (Å²) in [5.74, 6) is 1.27. The van der Waals surface area contributed by atoms with Gasteiger partial charge in [-0.3, -0.25) is 4.79 Å². The van der Waals surface area contributed by atoms with Crippen molar-refractivity contribution in [2.45, 2.75) is 40.2 Å². The second-order valence-corrected chi connectivity index (χ2v) is 6.97. The van der Waals surface area contributed by atoms with Crippen LogP contribution in [0.5, 0.6) is 0 Å². The molecule has 1 amide bonds. The molecule has 0 saturated carbocycles. The van der Waals surface area contributed by atoms with Crippen molar-refractivity contribution in [3.8, 4) is 0 Å². The van der Waals surface area contributed by atoms with E-state index in [9.17, 15) is 4.79 Å². The third kappa shape index (κ3) is 4.35. The summed E-state index contributed by atoms with van der Waals surface area (Å²) < 4.78 is 0. The number of aryl methyl sites for hydroxylation is 2. The Morgan fingerprint density at radius 3 is 2.64 bits per heavy atom. The van der Waals surface area contributed by atoms with E-state index in [-0.39, 0.29) is 5.91 Å². The first-order chi connectivity index (χ1) is 12.0. The van der Waals surface area contributed by atoms with Crippen molar-refractivity contribution in [3.63, 3.8) is 0 Å². The molecule has 1 aromatic carbocycles. The molecule has 0 aliphatic carbocycles. The van der Waals surface area contributed by atoms with Crippen LogP contribution in [0.4, 0.5) is 5.95 Å². The molecule has 5 heteroatoms. The molecule has 1 aliphatic heterocycles. The van der Waals surface area contributed by atoms with Crippen molar-refractivity contribution in [1.29, 1.82) is 0 Å². The molecule has 1 saturated heterocycles. The normalized spacial score (nSPS) is 15.2. The monoisotopic (exact) mass is 338 g/mol. The topological polar surface area (TPSA) is 58.1 Å². The first kappa shape index (κ1) is 17.4. The molecule has 1 aliphatic rings. The number of carbonyl (C=O) groups is 1. The predicted molar refractivity (Wildman–Crippen MR) is 99.7 cm³/mol. The van der Waals surface area contributed by atoms with Gasteiger partial charge in [-0.05, 0) is 49.8 Å². The maximum atomic E-state index is 12.5. The molecule has 0 radical (unpaired) electrons. The zero-order chi connectivity index (χ0) is 17.8. The first-order valence-corrected chi connectivity index (χ1v) is 8.96. The van der Waals surface area contributed by atoms with Crippen molar-refractivity contribution in [3.05, 3.63) is 52.8 Å². The van der Waals surface area contributed by atoms with Gasteiger partial charge < -0.3 is 10.2 Å². The lowest BCUT2D eigenvalue weighted by molar-refractivity contribution is 0.0945. The van der Waals surface area contributed by atoms with Gasteiger partial charge in [-0.2, -0.15) is 0 Å². The van der Waals surface area contributed by atoms with Crippen LogP contribution in [-0.4, -0.2) is 29.0 Å². The molecule has 1 N–H and O–H groups in total. The highest BCUT2D eigenvalue weighted by molar-refractivity contribution is 5.92. The Bertz CT molecular complexity index is 751. The van der Waals surface area contributed by atoms with E-state index in [1.54, 1.807) is 6.07 Å². The standard InChI is InChI=1S/C20H26N4O/c1-14-8-10-24(11-9-14)20-22-16(3)12-18(23-20)19(25)21-13-17-7-5-4-6-15(17)2/h4-7,12,14H,8-11,13H2,1-3H3,(H,21,25). The Balaban J connectivity index is 1.71. The van der Waals surface area contributed by atoms with Gasteiger partial charge in [0.2, 0.25) is 5.95 Å². The van der Waals surface area contributed by atoms with Gasteiger partial charge in [0.25, 0.3) is 5.91 Å². The highest BCUT2D eigenvalue weighted by Gasteiger charge is 2.20. The molecule has 3 rings (SSSR count). The predicted octanol–water partition coefficient (Wildman–Crippen LogP) is 3.26. The molecule has 0 unspecified atom stereocenters. The van der Waals surface area contributed by atoms with Gasteiger partial charge >= 0.3 is 0 Å². The van der Waals surface area contributed by atoms with Crippen molar-refractivity contribution >= 4 is 11.9 Å². The molecule has 1 aromatic heterocycles. The van der Waals surface area contributed by atoms with Gasteiger partial charge in [0.1, 0.15) is 5.69 Å². The lowest BCUT2D eigenvalue weighted by Crippen LogP contribution is -2.35. The smallest absolute Gasteiger partial charge is 0.270 e. The van der Waals surface area contributed by atoms with Crippen molar-refractivity contribution < 1.29 is 4.79 Å². The van der Waals surface area contributed by atoms with E-state index in [1.807, 2.05) is 38.1 Å². The van der Waals surface area contributed by atoms with E-state index in [0.29, 0.717) is 18.2 Å². The molecular weight excluding hydrogens is 312 g/mol. The van der Waals surface area contributed by atoms with Crippen LogP contribution < -0.4 is 10.2 Å². The van der Waals surface area contributed by atoms with Gasteiger partial charge in [-0.1, -0.05) is 31.2 Å². The van der Waals surface area contributed by atoms with Crippen molar-refractivity contribution in [1.82, 2.24) is 15.3 Å². The molecule has 2 heterocycles. The molecule has 2 aromatic rings. The van der Waals surface area contributed by atoms with Gasteiger partial charge in [0, 0.05) is 25.3 Å². The number of nitrogens with zero attached hydrogens (tertiary/aromatic N) is 3. The molecule has 1 fully saturated rings. The van der Waals surface area contributed by atoms with Crippen molar-refractivity contribution in [2.75, 3.05) is 18.0 Å². The van der Waals surface area contributed by atoms with Gasteiger partial charge in [-0.25, -0.2) is 9.97 Å². The van der Waals surface area contributed by atoms with Gasteiger partial charge in [0.15, 0.2) is 0 Å². The average molecular weight is 338 g/mol. The van der Waals surface area contributed by atoms with Crippen LogP contribution in [0.2, 0.25) is 0 Å². The minimum atomic E-state index is -0.152. The van der Waals surface area contributed by atoms with E-state index in [1.165, 1.54) is 5.56 Å². The molecule has 132 valence electrons. The number of amides is 1. The Morgan fingerprint density at radius 1 is 1.20 bits per heavy atom. The quantitative estimate of drug-likeness (QED) is 0.929. The van der Waals surface area contributed by atoms with E-state index in [0.717, 1.165) is 43.1 Å². The summed E-state index contributed by atoms with van der Waals surface area (Å²) >= 11 is 0. The number of anilines is 1. The summed E-state index contributed by atoms with van der Waals surface area (Å²) in [4.78, 5) is 23.8. The van der Waals surface area contributed by atoms with Crippen LogP contribution in [0, 0.1) is 19.8 Å². The second-order valence-electron chi connectivity index (χ2n) is 6.97. The number of piperidine rings is 1. The minimum absolute atomic E-state index is 0.152. The Kier molecular flexibility index (Phi) is 5.31. The molecule has 0 bridgehead atoms. The van der Waals surface area contributed by atoms with Crippen LogP contribution >= 0.6 is 0 Å². The zero-order valence-electron chi connectivity index (χ0n) is 15.2. The summed E-state index contributed by atoms with van der Waals surface area (Å²) in [6, 6.07) is 9.81. The van der Waals surface area contributed by atoms with Gasteiger partial charge in [0.05, 0.1) is 0 Å². The third-order valence-electron chi connectivity index (χ3n) is 4.84. The summed E-state index contributed by atoms with van der Waals surface area (Å²) in [7, 11) is 0. The minimum Gasteiger partial charge on any atom is -0.347 e. The van der Waals surface area contributed by atoms with Crippen LogP contribution in [-0.2, 0) is 6.54 Å². The number of nitrogens with one attached hydrogen (secondary N) is 1. The summed E-state index contributed by atoms with van der Waals surface area (Å²) in [5, 5.41) is 2.97. The fraction of sp³-hybridized carbons (Fsp3) is 0.450. The molecule has 5 nitrogen and oxygen atoms in total. The number of rotatable bonds is 4. The van der Waals surface area contributed by atoms with E-state index < -0.39 is 0 Å². The van der Waals surface area contributed by atoms with Crippen LogP contribution in [0.15, 0.2) is 30.3 Å². The highest BCUT2D eigenvalue weighted by Crippen LogP contribution is 2.20. The van der Waals surface area contributed by atoms with Crippen LogP contribution in [0.25, 0.3) is 0 Å². The lowest BCUT2D eigenvalue weighted by Gasteiger charge is -2.30.